The fraction of sp³-hybridized carbons (Fsp3) is 0.227. The normalized spacial score (nSPS) is 10.7. The molecule has 9 heteroatoms. The summed E-state index contributed by atoms with van der Waals surface area (Å²) in [4.78, 5) is 24.6. The first-order valence-electron chi connectivity index (χ1n) is 9.64. The van der Waals surface area contributed by atoms with E-state index >= 15 is 0 Å². The van der Waals surface area contributed by atoms with Gasteiger partial charge in [0.05, 0.1) is 17.8 Å². The fourth-order valence-corrected chi connectivity index (χ4v) is 3.42. The molecule has 1 aromatic heterocycles. The molecule has 1 heterocycles. The molecule has 0 saturated carbocycles. The van der Waals surface area contributed by atoms with E-state index in [0.717, 1.165) is 5.56 Å². The molecule has 6 nitrogen and oxygen atoms in total. The van der Waals surface area contributed by atoms with Crippen molar-refractivity contribution in [3.05, 3.63) is 81.3 Å². The van der Waals surface area contributed by atoms with Gasteiger partial charge in [0.1, 0.15) is 11.0 Å². The van der Waals surface area contributed by atoms with Crippen molar-refractivity contribution in [2.75, 3.05) is 11.9 Å². The highest BCUT2D eigenvalue weighted by molar-refractivity contribution is 6.33. The molecule has 3 aromatic rings. The number of carbonyl (C=O) groups excluding carboxylic acids is 2. The fourth-order valence-electron chi connectivity index (χ4n) is 2.97. The van der Waals surface area contributed by atoms with Crippen LogP contribution in [-0.4, -0.2) is 28.1 Å². The zero-order valence-corrected chi connectivity index (χ0v) is 18.3. The van der Waals surface area contributed by atoms with Crippen LogP contribution >= 0.6 is 23.2 Å². The Bertz CT molecular complexity index is 1070. The van der Waals surface area contributed by atoms with E-state index < -0.39 is 0 Å². The second-order valence-electron chi connectivity index (χ2n) is 6.95. The third kappa shape index (κ3) is 6.29. The first-order chi connectivity index (χ1) is 14.8. The number of hydrogen-bond acceptors (Lipinski definition) is 3. The van der Waals surface area contributed by atoms with Crippen LogP contribution in [0.15, 0.2) is 48.5 Å². The lowest BCUT2D eigenvalue weighted by Crippen LogP contribution is -2.26. The molecule has 3 rings (SSSR count). The Kier molecular flexibility index (Phi) is 7.65. The van der Waals surface area contributed by atoms with Gasteiger partial charge in [-0.2, -0.15) is 5.10 Å². The number of aromatic nitrogens is 2. The van der Waals surface area contributed by atoms with E-state index in [1.54, 1.807) is 43.3 Å². The van der Waals surface area contributed by atoms with Gasteiger partial charge < -0.3 is 10.6 Å². The third-order valence-electron chi connectivity index (χ3n) is 4.53. The van der Waals surface area contributed by atoms with Gasteiger partial charge >= 0.3 is 0 Å². The van der Waals surface area contributed by atoms with Gasteiger partial charge in [0.2, 0.25) is 5.91 Å². The van der Waals surface area contributed by atoms with E-state index in [9.17, 15) is 14.0 Å². The van der Waals surface area contributed by atoms with Crippen LogP contribution < -0.4 is 10.6 Å². The predicted octanol–water partition coefficient (Wildman–Crippen LogP) is 4.83. The number of halogens is 3. The molecule has 162 valence electrons. The van der Waals surface area contributed by atoms with Gasteiger partial charge in [-0.05, 0) is 55.3 Å². The van der Waals surface area contributed by atoms with Crippen LogP contribution in [0.25, 0.3) is 0 Å². The largest absolute Gasteiger partial charge is 0.352 e. The molecule has 2 N–H and O–H groups in total. The number of amides is 2. The van der Waals surface area contributed by atoms with E-state index in [2.05, 4.69) is 15.7 Å². The van der Waals surface area contributed by atoms with Crippen molar-refractivity contribution in [2.24, 2.45) is 0 Å². The summed E-state index contributed by atoms with van der Waals surface area (Å²) >= 11 is 12.2. The van der Waals surface area contributed by atoms with Crippen molar-refractivity contribution >= 4 is 40.7 Å². The maximum atomic E-state index is 13.1. The minimum absolute atomic E-state index is 0.155. The number of nitrogens with one attached hydrogen (secondary N) is 2. The summed E-state index contributed by atoms with van der Waals surface area (Å²) < 4.78 is 14.6. The molecule has 0 aliphatic carbocycles. The minimum atomic E-state index is -0.356. The molecule has 2 aromatic carbocycles. The van der Waals surface area contributed by atoms with Gasteiger partial charge in [0.25, 0.3) is 5.91 Å². The highest BCUT2D eigenvalue weighted by Crippen LogP contribution is 2.21. The molecule has 0 atom stereocenters. The van der Waals surface area contributed by atoms with Crippen molar-refractivity contribution < 1.29 is 14.0 Å². The molecule has 31 heavy (non-hydrogen) atoms. The molecular formula is C22H21Cl2FN4O2. The standard InChI is InChI=1S/C22H21Cl2FN4O2/c1-14-20(21(24)29(28-14)13-15-4-8-17(25)9-5-15)22(31)26-12-2-3-19(30)27-18-10-6-16(23)7-11-18/h4-11H,2-3,12-13H2,1H3,(H,26,31)(H,27,30). The molecular weight excluding hydrogens is 442 g/mol. The van der Waals surface area contributed by atoms with Gasteiger partial charge in [0.15, 0.2) is 0 Å². The topological polar surface area (TPSA) is 76.0 Å². The number of carbonyl (C=O) groups is 2. The van der Waals surface area contributed by atoms with Gasteiger partial charge in [-0.3, -0.25) is 9.59 Å². The Balaban J connectivity index is 1.50. The quantitative estimate of drug-likeness (QED) is 0.470. The Hall–Kier alpha value is -2.90. The monoisotopic (exact) mass is 462 g/mol. The molecule has 0 aliphatic heterocycles. The van der Waals surface area contributed by atoms with Gasteiger partial charge in [-0.15, -0.1) is 0 Å². The second kappa shape index (κ2) is 10.4. The average molecular weight is 463 g/mol. The first-order valence-corrected chi connectivity index (χ1v) is 10.4. The summed E-state index contributed by atoms with van der Waals surface area (Å²) in [6, 6.07) is 12.8. The molecule has 0 saturated heterocycles. The lowest BCUT2D eigenvalue weighted by atomic mass is 10.2. The maximum Gasteiger partial charge on any atom is 0.256 e. The molecule has 0 unspecified atom stereocenters. The van der Waals surface area contributed by atoms with Crippen LogP contribution in [0.3, 0.4) is 0 Å². The number of nitrogens with zero attached hydrogens (tertiary/aromatic N) is 2. The molecule has 0 spiro atoms. The number of benzene rings is 2. The molecule has 0 aliphatic rings. The number of rotatable bonds is 8. The Labute approximate surface area is 189 Å². The number of anilines is 1. The SMILES string of the molecule is Cc1nn(Cc2ccc(F)cc2)c(Cl)c1C(=O)NCCCC(=O)Nc1ccc(Cl)cc1. The Morgan fingerprint density at radius 1 is 1.06 bits per heavy atom. The van der Waals surface area contributed by atoms with E-state index in [1.165, 1.54) is 16.8 Å². The highest BCUT2D eigenvalue weighted by Gasteiger charge is 2.20. The lowest BCUT2D eigenvalue weighted by molar-refractivity contribution is -0.116. The van der Waals surface area contributed by atoms with Crippen LogP contribution in [0.2, 0.25) is 10.2 Å². The van der Waals surface area contributed by atoms with Crippen molar-refractivity contribution in [1.82, 2.24) is 15.1 Å². The van der Waals surface area contributed by atoms with Crippen LogP contribution in [0.1, 0.15) is 34.5 Å². The van der Waals surface area contributed by atoms with Crippen LogP contribution in [0.4, 0.5) is 10.1 Å². The zero-order valence-electron chi connectivity index (χ0n) is 16.8. The second-order valence-corrected chi connectivity index (χ2v) is 7.74. The lowest BCUT2D eigenvalue weighted by Gasteiger charge is -2.07. The Morgan fingerprint density at radius 2 is 1.74 bits per heavy atom. The smallest absolute Gasteiger partial charge is 0.256 e. The first kappa shape index (κ1) is 22.8. The van der Waals surface area contributed by atoms with Crippen LogP contribution in [0.5, 0.6) is 0 Å². The number of hydrogen-bond donors (Lipinski definition) is 2. The van der Waals surface area contributed by atoms with Gasteiger partial charge in [0, 0.05) is 23.7 Å². The van der Waals surface area contributed by atoms with E-state index in [0.29, 0.717) is 35.9 Å². The minimum Gasteiger partial charge on any atom is -0.352 e. The summed E-state index contributed by atoms with van der Waals surface area (Å²) in [6.07, 6.45) is 0.713. The number of aryl methyl sites for hydroxylation is 1. The third-order valence-corrected chi connectivity index (χ3v) is 5.17. The maximum absolute atomic E-state index is 13.1. The van der Waals surface area contributed by atoms with E-state index in [-0.39, 0.29) is 34.8 Å². The Morgan fingerprint density at radius 3 is 2.42 bits per heavy atom. The van der Waals surface area contributed by atoms with E-state index in [4.69, 9.17) is 23.2 Å². The summed E-state index contributed by atoms with van der Waals surface area (Å²) in [7, 11) is 0. The highest BCUT2D eigenvalue weighted by atomic mass is 35.5. The van der Waals surface area contributed by atoms with Crippen molar-refractivity contribution in [1.29, 1.82) is 0 Å². The molecule has 0 fully saturated rings. The molecule has 0 bridgehead atoms. The molecule has 0 radical (unpaired) electrons. The van der Waals surface area contributed by atoms with Gasteiger partial charge in [-0.25, -0.2) is 9.07 Å². The van der Waals surface area contributed by atoms with E-state index in [1.807, 2.05) is 0 Å². The zero-order chi connectivity index (χ0) is 22.4. The summed E-state index contributed by atoms with van der Waals surface area (Å²) in [5.74, 6) is -0.836. The van der Waals surface area contributed by atoms with Crippen molar-refractivity contribution in [3.8, 4) is 0 Å². The average Bonchev–Trinajstić information content (AvgIpc) is 3.01. The van der Waals surface area contributed by atoms with Gasteiger partial charge in [-0.1, -0.05) is 35.3 Å². The van der Waals surface area contributed by atoms with Crippen molar-refractivity contribution in [3.63, 3.8) is 0 Å². The summed E-state index contributed by atoms with van der Waals surface area (Å²) in [5, 5.41) is 10.7. The van der Waals surface area contributed by atoms with Crippen LogP contribution in [-0.2, 0) is 11.3 Å². The van der Waals surface area contributed by atoms with Crippen molar-refractivity contribution in [2.45, 2.75) is 26.3 Å². The van der Waals surface area contributed by atoms with Crippen LogP contribution in [0, 0.1) is 12.7 Å². The molecule has 2 amide bonds. The summed E-state index contributed by atoms with van der Waals surface area (Å²) in [5.41, 5.74) is 2.25. The predicted molar refractivity (Wildman–Crippen MR) is 119 cm³/mol. The summed E-state index contributed by atoms with van der Waals surface area (Å²) in [6.45, 7) is 2.32.